The van der Waals surface area contributed by atoms with Crippen molar-refractivity contribution in [2.45, 2.75) is 47.2 Å². The topological polar surface area (TPSA) is 55.0 Å². The van der Waals surface area contributed by atoms with Crippen molar-refractivity contribution in [3.05, 3.63) is 17.6 Å². The van der Waals surface area contributed by atoms with E-state index in [9.17, 15) is 0 Å². The van der Waals surface area contributed by atoms with Gasteiger partial charge >= 0.3 is 0 Å². The van der Waals surface area contributed by atoms with Gasteiger partial charge in [0.25, 0.3) is 0 Å². The van der Waals surface area contributed by atoms with Crippen LogP contribution in [0.15, 0.2) is 6.07 Å². The van der Waals surface area contributed by atoms with Crippen LogP contribution in [0.4, 0.5) is 5.82 Å². The fourth-order valence-corrected chi connectivity index (χ4v) is 1.84. The molecule has 0 radical (unpaired) electrons. The Bertz CT molecular complexity index is 340. The molecule has 0 fully saturated rings. The summed E-state index contributed by atoms with van der Waals surface area (Å²) >= 11 is 0. The van der Waals surface area contributed by atoms with E-state index in [2.05, 4.69) is 42.6 Å². The zero-order chi connectivity index (χ0) is 13.0. The molecule has 0 aliphatic heterocycles. The maximum absolute atomic E-state index is 5.74. The lowest BCUT2D eigenvalue weighted by Crippen LogP contribution is -2.34. The smallest absolute Gasteiger partial charge is 0.144 e. The van der Waals surface area contributed by atoms with Crippen LogP contribution in [0.2, 0.25) is 0 Å². The van der Waals surface area contributed by atoms with E-state index in [-0.39, 0.29) is 0 Å². The molecule has 2 N–H and O–H groups in total. The maximum Gasteiger partial charge on any atom is 0.144 e. The number of aromatic nitrogens is 2. The van der Waals surface area contributed by atoms with Crippen molar-refractivity contribution in [1.82, 2.24) is 14.9 Å². The summed E-state index contributed by atoms with van der Waals surface area (Å²) in [4.78, 5) is 11.1. The maximum atomic E-state index is 5.74. The van der Waals surface area contributed by atoms with E-state index in [1.807, 2.05) is 6.92 Å². The molecule has 1 rings (SSSR count). The van der Waals surface area contributed by atoms with Gasteiger partial charge in [0, 0.05) is 24.3 Å². The van der Waals surface area contributed by atoms with Crippen LogP contribution in [0.5, 0.6) is 0 Å². The summed E-state index contributed by atoms with van der Waals surface area (Å²) in [5, 5.41) is 0. The zero-order valence-electron chi connectivity index (χ0n) is 11.6. The fourth-order valence-electron chi connectivity index (χ4n) is 1.84. The average Bonchev–Trinajstić information content (AvgIpc) is 2.13. The Morgan fingerprint density at radius 3 is 2.35 bits per heavy atom. The highest BCUT2D eigenvalue weighted by atomic mass is 15.2. The molecule has 1 aromatic rings. The van der Waals surface area contributed by atoms with Gasteiger partial charge in [-0.3, -0.25) is 4.90 Å². The molecule has 0 saturated carbocycles. The highest BCUT2D eigenvalue weighted by Crippen LogP contribution is 2.10. The van der Waals surface area contributed by atoms with Crippen LogP contribution < -0.4 is 5.73 Å². The first-order valence-corrected chi connectivity index (χ1v) is 6.22. The van der Waals surface area contributed by atoms with Crippen LogP contribution in [0.3, 0.4) is 0 Å². The van der Waals surface area contributed by atoms with Crippen LogP contribution in [-0.2, 0) is 6.54 Å². The number of nitrogens with zero attached hydrogens (tertiary/aromatic N) is 3. The predicted octanol–water partition coefficient (Wildman–Crippen LogP) is 2.23. The lowest BCUT2D eigenvalue weighted by molar-refractivity contribution is 0.184. The third-order valence-electron chi connectivity index (χ3n) is 2.59. The van der Waals surface area contributed by atoms with Crippen molar-refractivity contribution in [2.75, 3.05) is 12.3 Å². The first-order chi connectivity index (χ1) is 7.88. The molecule has 4 heteroatoms. The average molecular weight is 236 g/mol. The number of hydrogen-bond donors (Lipinski definition) is 1. The van der Waals surface area contributed by atoms with Crippen LogP contribution >= 0.6 is 0 Å². The standard InChI is InChI=1S/C13H24N4/c1-9(2)7-17(10(3)4)8-13-15-11(5)6-12(14)16-13/h6,9-10H,7-8H2,1-5H3,(H2,14,15,16). The Labute approximate surface area is 104 Å². The van der Waals surface area contributed by atoms with E-state index in [4.69, 9.17) is 5.73 Å². The number of anilines is 1. The predicted molar refractivity (Wildman–Crippen MR) is 71.6 cm³/mol. The number of hydrogen-bond acceptors (Lipinski definition) is 4. The van der Waals surface area contributed by atoms with Crippen LogP contribution in [0.1, 0.15) is 39.2 Å². The lowest BCUT2D eigenvalue weighted by atomic mass is 10.2. The minimum atomic E-state index is 0.489. The van der Waals surface area contributed by atoms with Gasteiger partial charge in [0.05, 0.1) is 6.54 Å². The SMILES string of the molecule is Cc1cc(N)nc(CN(CC(C)C)C(C)C)n1. The van der Waals surface area contributed by atoms with Crippen molar-refractivity contribution in [1.29, 1.82) is 0 Å². The van der Waals surface area contributed by atoms with E-state index in [0.29, 0.717) is 17.8 Å². The van der Waals surface area contributed by atoms with E-state index < -0.39 is 0 Å². The first kappa shape index (κ1) is 13.9. The summed E-state index contributed by atoms with van der Waals surface area (Å²) in [7, 11) is 0. The summed E-state index contributed by atoms with van der Waals surface area (Å²) in [6.45, 7) is 12.6. The van der Waals surface area contributed by atoms with Crippen molar-refractivity contribution in [2.24, 2.45) is 5.92 Å². The highest BCUT2D eigenvalue weighted by molar-refractivity contribution is 5.29. The molecule has 1 heterocycles. The molecule has 0 aromatic carbocycles. The van der Waals surface area contributed by atoms with Gasteiger partial charge in [0.15, 0.2) is 0 Å². The summed E-state index contributed by atoms with van der Waals surface area (Å²) in [6, 6.07) is 2.29. The van der Waals surface area contributed by atoms with E-state index in [1.165, 1.54) is 0 Å². The van der Waals surface area contributed by atoms with Crippen LogP contribution in [0.25, 0.3) is 0 Å². The molecule has 4 nitrogen and oxygen atoms in total. The lowest BCUT2D eigenvalue weighted by Gasteiger charge is -2.27. The Kier molecular flexibility index (Phi) is 4.87. The quantitative estimate of drug-likeness (QED) is 0.852. The van der Waals surface area contributed by atoms with Gasteiger partial charge in [0.2, 0.25) is 0 Å². The van der Waals surface area contributed by atoms with Crippen molar-refractivity contribution in [3.8, 4) is 0 Å². The van der Waals surface area contributed by atoms with Crippen LogP contribution in [0, 0.1) is 12.8 Å². The second-order valence-corrected chi connectivity index (χ2v) is 5.27. The third kappa shape index (κ3) is 4.69. The number of nitrogen functional groups attached to an aromatic ring is 1. The molecular weight excluding hydrogens is 212 g/mol. The van der Waals surface area contributed by atoms with Gasteiger partial charge in [-0.1, -0.05) is 13.8 Å². The van der Waals surface area contributed by atoms with Gasteiger partial charge < -0.3 is 5.73 Å². The monoisotopic (exact) mass is 236 g/mol. The molecule has 96 valence electrons. The molecule has 0 saturated heterocycles. The minimum Gasteiger partial charge on any atom is -0.384 e. The third-order valence-corrected chi connectivity index (χ3v) is 2.59. The van der Waals surface area contributed by atoms with Crippen molar-refractivity contribution in [3.63, 3.8) is 0 Å². The number of aryl methyl sites for hydroxylation is 1. The summed E-state index contributed by atoms with van der Waals surface area (Å²) in [5.41, 5.74) is 6.67. The summed E-state index contributed by atoms with van der Waals surface area (Å²) < 4.78 is 0. The molecule has 0 atom stereocenters. The Balaban J connectivity index is 2.78. The number of nitrogens with two attached hydrogens (primary N) is 1. The Morgan fingerprint density at radius 2 is 1.88 bits per heavy atom. The second-order valence-electron chi connectivity index (χ2n) is 5.27. The minimum absolute atomic E-state index is 0.489. The first-order valence-electron chi connectivity index (χ1n) is 6.22. The molecule has 0 spiro atoms. The fraction of sp³-hybridized carbons (Fsp3) is 0.692. The Hall–Kier alpha value is -1.16. The van der Waals surface area contributed by atoms with Crippen LogP contribution in [-0.4, -0.2) is 27.5 Å². The molecule has 0 aliphatic carbocycles. The van der Waals surface area contributed by atoms with Gasteiger partial charge in [-0.25, -0.2) is 9.97 Å². The van der Waals surface area contributed by atoms with Gasteiger partial charge in [0.1, 0.15) is 11.6 Å². The largest absolute Gasteiger partial charge is 0.384 e. The van der Waals surface area contributed by atoms with E-state index >= 15 is 0 Å². The zero-order valence-corrected chi connectivity index (χ0v) is 11.6. The van der Waals surface area contributed by atoms with E-state index in [1.54, 1.807) is 6.07 Å². The molecule has 0 bridgehead atoms. The molecule has 0 amide bonds. The van der Waals surface area contributed by atoms with Crippen molar-refractivity contribution < 1.29 is 0 Å². The van der Waals surface area contributed by atoms with Gasteiger partial charge in [-0.05, 0) is 26.7 Å². The van der Waals surface area contributed by atoms with Crippen molar-refractivity contribution >= 4 is 5.82 Å². The molecule has 1 aromatic heterocycles. The van der Waals surface area contributed by atoms with E-state index in [0.717, 1.165) is 24.6 Å². The highest BCUT2D eigenvalue weighted by Gasteiger charge is 2.13. The molecule has 0 unspecified atom stereocenters. The molecule has 0 aliphatic rings. The second kappa shape index (κ2) is 5.96. The summed E-state index contributed by atoms with van der Waals surface area (Å²) in [6.07, 6.45) is 0. The van der Waals surface area contributed by atoms with Gasteiger partial charge in [-0.15, -0.1) is 0 Å². The molecular formula is C13H24N4. The number of rotatable bonds is 5. The summed E-state index contributed by atoms with van der Waals surface area (Å²) in [5.74, 6) is 2.01. The molecule has 17 heavy (non-hydrogen) atoms. The normalized spacial score (nSPS) is 11.8. The van der Waals surface area contributed by atoms with Gasteiger partial charge in [-0.2, -0.15) is 0 Å². The Morgan fingerprint density at radius 1 is 1.24 bits per heavy atom.